The molecule has 0 radical (unpaired) electrons. The molecule has 0 unspecified atom stereocenters. The number of halogens is 1. The van der Waals surface area contributed by atoms with Gasteiger partial charge in [0.1, 0.15) is 11.3 Å². The number of esters is 1. The molecule has 0 fully saturated rings. The van der Waals surface area contributed by atoms with Gasteiger partial charge in [-0.3, -0.25) is 0 Å². The molecule has 0 aliphatic heterocycles. The lowest BCUT2D eigenvalue weighted by Crippen LogP contribution is -2.08. The summed E-state index contributed by atoms with van der Waals surface area (Å²) in [6, 6.07) is 2.49. The molecule has 0 N–H and O–H groups in total. The van der Waals surface area contributed by atoms with Gasteiger partial charge < -0.3 is 14.2 Å². The first-order chi connectivity index (χ1) is 7.15. The van der Waals surface area contributed by atoms with Crippen molar-refractivity contribution in [3.8, 4) is 11.5 Å². The third-order valence-corrected chi connectivity index (χ3v) is 1.88. The van der Waals surface area contributed by atoms with Crippen LogP contribution >= 0.6 is 0 Å². The first-order valence-corrected chi connectivity index (χ1v) is 4.14. The van der Waals surface area contributed by atoms with Crippen molar-refractivity contribution in [3.05, 3.63) is 23.5 Å². The predicted octanol–water partition coefficient (Wildman–Crippen LogP) is 1.63. The molecule has 15 heavy (non-hydrogen) atoms. The monoisotopic (exact) mass is 213 g/mol. The molecular formula is C10H11FO4. The second kappa shape index (κ2) is 4.63. The molecule has 82 valence electrons. The Morgan fingerprint density at radius 1 is 1.20 bits per heavy atom. The smallest absolute Gasteiger partial charge is 0.345 e. The van der Waals surface area contributed by atoms with Gasteiger partial charge in [0.05, 0.1) is 21.3 Å². The first kappa shape index (κ1) is 11.3. The molecule has 1 aromatic rings. The molecule has 0 spiro atoms. The number of carbonyl (C=O) groups excluding carboxylic acids is 1. The van der Waals surface area contributed by atoms with Crippen LogP contribution in [0, 0.1) is 5.82 Å². The van der Waals surface area contributed by atoms with Crippen LogP contribution in [0.2, 0.25) is 0 Å². The van der Waals surface area contributed by atoms with Crippen LogP contribution in [0.4, 0.5) is 4.39 Å². The van der Waals surface area contributed by atoms with Crippen molar-refractivity contribution in [3.63, 3.8) is 0 Å². The largest absolute Gasteiger partial charge is 0.496 e. The van der Waals surface area contributed by atoms with E-state index in [4.69, 9.17) is 9.47 Å². The van der Waals surface area contributed by atoms with Gasteiger partial charge in [-0.1, -0.05) is 0 Å². The minimum Gasteiger partial charge on any atom is -0.496 e. The Morgan fingerprint density at radius 3 is 2.33 bits per heavy atom. The Bertz CT molecular complexity index is 376. The zero-order valence-electron chi connectivity index (χ0n) is 8.67. The van der Waals surface area contributed by atoms with E-state index in [2.05, 4.69) is 4.74 Å². The highest BCUT2D eigenvalue weighted by atomic mass is 18.2. The number of hydrogen-bond donors (Lipinski definition) is 0. The van der Waals surface area contributed by atoms with Crippen molar-refractivity contribution in [2.24, 2.45) is 0 Å². The maximum absolute atomic E-state index is 13.3. The quantitative estimate of drug-likeness (QED) is 0.716. The molecule has 0 amide bonds. The molecule has 1 rings (SSSR count). The van der Waals surface area contributed by atoms with Crippen molar-refractivity contribution in [2.45, 2.75) is 0 Å². The van der Waals surface area contributed by atoms with Crippen molar-refractivity contribution in [2.75, 3.05) is 21.3 Å². The van der Waals surface area contributed by atoms with Gasteiger partial charge >= 0.3 is 5.97 Å². The molecule has 0 saturated carbocycles. The van der Waals surface area contributed by atoms with E-state index in [1.807, 2.05) is 0 Å². The van der Waals surface area contributed by atoms with Gasteiger partial charge in [0, 0.05) is 0 Å². The van der Waals surface area contributed by atoms with Gasteiger partial charge in [-0.15, -0.1) is 0 Å². The van der Waals surface area contributed by atoms with Gasteiger partial charge in [0.25, 0.3) is 0 Å². The van der Waals surface area contributed by atoms with E-state index >= 15 is 0 Å². The maximum atomic E-state index is 13.3. The second-order valence-electron chi connectivity index (χ2n) is 2.65. The molecule has 0 atom stereocenters. The van der Waals surface area contributed by atoms with Crippen LogP contribution in [0.1, 0.15) is 10.4 Å². The predicted molar refractivity (Wildman–Crippen MR) is 50.8 cm³/mol. The van der Waals surface area contributed by atoms with Crippen LogP contribution in [0.25, 0.3) is 0 Å². The molecule has 0 aliphatic rings. The van der Waals surface area contributed by atoms with E-state index in [0.29, 0.717) is 0 Å². The molecule has 0 bridgehead atoms. The van der Waals surface area contributed by atoms with Gasteiger partial charge in [-0.25, -0.2) is 9.18 Å². The van der Waals surface area contributed by atoms with E-state index in [1.54, 1.807) is 0 Å². The summed E-state index contributed by atoms with van der Waals surface area (Å²) >= 11 is 0. The standard InChI is InChI=1S/C10H11FO4/c1-13-7-5-4-6(11)9(14-2)8(7)10(12)15-3/h4-5H,1-3H3/i11-1. The number of hydrogen-bond acceptors (Lipinski definition) is 4. The summed E-state index contributed by atoms with van der Waals surface area (Å²) in [5.41, 5.74) is -0.0532. The average Bonchev–Trinajstić information content (AvgIpc) is 2.27. The summed E-state index contributed by atoms with van der Waals surface area (Å²) < 4.78 is 27.5. The summed E-state index contributed by atoms with van der Waals surface area (Å²) in [6.45, 7) is 0. The van der Waals surface area contributed by atoms with E-state index in [-0.39, 0.29) is 17.1 Å². The Hall–Kier alpha value is -1.78. The summed E-state index contributed by atoms with van der Waals surface area (Å²) in [5.74, 6) is -1.32. The van der Waals surface area contributed by atoms with E-state index in [9.17, 15) is 9.18 Å². The van der Waals surface area contributed by atoms with Gasteiger partial charge in [0.15, 0.2) is 11.6 Å². The fraction of sp³-hybridized carbons (Fsp3) is 0.300. The fourth-order valence-electron chi connectivity index (χ4n) is 1.20. The molecule has 5 heteroatoms. The van der Waals surface area contributed by atoms with Crippen molar-refractivity contribution < 1.29 is 23.4 Å². The topological polar surface area (TPSA) is 44.8 Å². The van der Waals surface area contributed by atoms with E-state index < -0.39 is 11.8 Å². The molecule has 0 aliphatic carbocycles. The Balaban J connectivity index is 3.40. The van der Waals surface area contributed by atoms with E-state index in [1.165, 1.54) is 27.4 Å². The van der Waals surface area contributed by atoms with Crippen LogP contribution in [-0.4, -0.2) is 27.3 Å². The van der Waals surface area contributed by atoms with Crippen LogP contribution in [0.3, 0.4) is 0 Å². The highest BCUT2D eigenvalue weighted by Gasteiger charge is 2.22. The third-order valence-electron chi connectivity index (χ3n) is 1.88. The van der Waals surface area contributed by atoms with Crippen LogP contribution < -0.4 is 9.47 Å². The Morgan fingerprint density at radius 2 is 1.87 bits per heavy atom. The van der Waals surface area contributed by atoms with Crippen LogP contribution in [-0.2, 0) is 4.74 Å². The highest BCUT2D eigenvalue weighted by molar-refractivity contribution is 5.95. The second-order valence-corrected chi connectivity index (χ2v) is 2.65. The van der Waals surface area contributed by atoms with Gasteiger partial charge in [-0.2, -0.15) is 0 Å². The molecular weight excluding hydrogens is 202 g/mol. The summed E-state index contributed by atoms with van der Waals surface area (Å²) in [4.78, 5) is 11.4. The Labute approximate surface area is 86.6 Å². The van der Waals surface area contributed by atoms with Gasteiger partial charge in [-0.05, 0) is 12.1 Å². The maximum Gasteiger partial charge on any atom is 0.345 e. The minimum atomic E-state index is -0.705. The zero-order valence-corrected chi connectivity index (χ0v) is 8.67. The number of methoxy groups -OCH3 is 3. The first-order valence-electron chi connectivity index (χ1n) is 4.14. The fourth-order valence-corrected chi connectivity index (χ4v) is 1.20. The summed E-state index contributed by atoms with van der Waals surface area (Å²) in [6.07, 6.45) is 0. The summed E-state index contributed by atoms with van der Waals surface area (Å²) in [5, 5.41) is 0. The Kier molecular flexibility index (Phi) is 3.49. The molecule has 0 saturated heterocycles. The van der Waals surface area contributed by atoms with Gasteiger partial charge in [0.2, 0.25) is 0 Å². The molecule has 0 heterocycles. The van der Waals surface area contributed by atoms with Crippen molar-refractivity contribution in [1.82, 2.24) is 0 Å². The number of benzene rings is 1. The van der Waals surface area contributed by atoms with Crippen molar-refractivity contribution >= 4 is 5.97 Å². The molecule has 4 nitrogen and oxygen atoms in total. The van der Waals surface area contributed by atoms with Crippen LogP contribution in [0.5, 0.6) is 11.5 Å². The highest BCUT2D eigenvalue weighted by Crippen LogP contribution is 2.31. The number of carbonyl (C=O) groups is 1. The molecule has 0 aromatic heterocycles. The lowest BCUT2D eigenvalue weighted by atomic mass is 10.1. The lowest BCUT2D eigenvalue weighted by molar-refractivity contribution is 0.0592. The average molecular weight is 213 g/mol. The number of ether oxygens (including phenoxy) is 3. The normalized spacial score (nSPS) is 9.60. The third kappa shape index (κ3) is 2.01. The van der Waals surface area contributed by atoms with Crippen molar-refractivity contribution in [1.29, 1.82) is 0 Å². The zero-order chi connectivity index (χ0) is 11.4. The number of rotatable bonds is 3. The van der Waals surface area contributed by atoms with Crippen LogP contribution in [0.15, 0.2) is 12.1 Å². The lowest BCUT2D eigenvalue weighted by Gasteiger charge is -2.11. The molecule has 1 aromatic carbocycles. The SMILES string of the molecule is COC(=O)c1c(OC)ccc([18F])c1OC. The minimum absolute atomic E-state index is 0.0532. The summed E-state index contributed by atoms with van der Waals surface area (Å²) in [7, 11) is 3.84. The van der Waals surface area contributed by atoms with E-state index in [0.717, 1.165) is 6.07 Å².